The van der Waals surface area contributed by atoms with Crippen molar-refractivity contribution in [1.82, 2.24) is 4.98 Å². The highest BCUT2D eigenvalue weighted by atomic mass is 32.1. The molecule has 0 unspecified atom stereocenters. The van der Waals surface area contributed by atoms with Gasteiger partial charge in [0.2, 0.25) is 0 Å². The maximum Gasteiger partial charge on any atom is 0.261 e. The van der Waals surface area contributed by atoms with Gasteiger partial charge in [-0.05, 0) is 43.3 Å². The van der Waals surface area contributed by atoms with Crippen molar-refractivity contribution in [3.05, 3.63) is 59.0 Å². The number of nitrogens with zero attached hydrogens (tertiary/aromatic N) is 1. The van der Waals surface area contributed by atoms with Crippen LogP contribution in [0.3, 0.4) is 0 Å². The Morgan fingerprint density at radius 3 is 2.52 bits per heavy atom. The lowest BCUT2D eigenvalue weighted by Gasteiger charge is -2.08. The zero-order chi connectivity index (χ0) is 17.8. The number of methoxy groups -OCH3 is 2. The molecule has 1 heterocycles. The van der Waals surface area contributed by atoms with Crippen molar-refractivity contribution in [2.45, 2.75) is 6.92 Å². The summed E-state index contributed by atoms with van der Waals surface area (Å²) in [6.45, 7) is 1.93. The van der Waals surface area contributed by atoms with Gasteiger partial charge in [-0.25, -0.2) is 4.98 Å². The number of nitrogens with one attached hydrogen (secondary N) is 1. The van der Waals surface area contributed by atoms with E-state index >= 15 is 0 Å². The molecular weight excluding hydrogens is 336 g/mol. The molecule has 128 valence electrons. The van der Waals surface area contributed by atoms with Crippen LogP contribution in [0.2, 0.25) is 0 Å². The number of thiazole rings is 1. The summed E-state index contributed by atoms with van der Waals surface area (Å²) in [7, 11) is 3.18. The minimum Gasteiger partial charge on any atom is -0.497 e. The van der Waals surface area contributed by atoms with Gasteiger partial charge in [0.15, 0.2) is 5.13 Å². The van der Waals surface area contributed by atoms with Gasteiger partial charge in [0.05, 0.1) is 25.5 Å². The van der Waals surface area contributed by atoms with Gasteiger partial charge in [0.25, 0.3) is 5.91 Å². The van der Waals surface area contributed by atoms with Gasteiger partial charge in [-0.15, -0.1) is 11.3 Å². The van der Waals surface area contributed by atoms with Crippen molar-refractivity contribution >= 4 is 22.4 Å². The lowest BCUT2D eigenvalue weighted by atomic mass is 10.1. The Hall–Kier alpha value is -2.86. The highest BCUT2D eigenvalue weighted by Crippen LogP contribution is 2.27. The molecule has 0 fully saturated rings. The minimum atomic E-state index is -0.240. The van der Waals surface area contributed by atoms with Crippen molar-refractivity contribution in [2.75, 3.05) is 19.5 Å². The molecule has 0 bridgehead atoms. The monoisotopic (exact) mass is 354 g/mol. The van der Waals surface area contributed by atoms with E-state index in [0.29, 0.717) is 16.4 Å². The number of aromatic nitrogens is 1. The highest BCUT2D eigenvalue weighted by Gasteiger charge is 2.14. The topological polar surface area (TPSA) is 60.5 Å². The van der Waals surface area contributed by atoms with Crippen LogP contribution in [0.1, 0.15) is 15.9 Å². The fourth-order valence-corrected chi connectivity index (χ4v) is 3.10. The summed E-state index contributed by atoms with van der Waals surface area (Å²) in [4.78, 5) is 17.0. The van der Waals surface area contributed by atoms with Crippen molar-refractivity contribution < 1.29 is 14.3 Å². The number of carbonyl (C=O) groups excluding carboxylic acids is 1. The largest absolute Gasteiger partial charge is 0.497 e. The van der Waals surface area contributed by atoms with E-state index in [4.69, 9.17) is 9.47 Å². The summed E-state index contributed by atoms with van der Waals surface area (Å²) in [6.07, 6.45) is 0. The van der Waals surface area contributed by atoms with Crippen molar-refractivity contribution in [3.63, 3.8) is 0 Å². The number of amides is 1. The van der Waals surface area contributed by atoms with E-state index in [1.54, 1.807) is 26.4 Å². The summed E-state index contributed by atoms with van der Waals surface area (Å²) < 4.78 is 10.4. The number of ether oxygens (including phenoxy) is 2. The molecular formula is C19H18N2O3S. The van der Waals surface area contributed by atoms with Crippen LogP contribution in [0.5, 0.6) is 11.5 Å². The van der Waals surface area contributed by atoms with E-state index in [1.807, 2.05) is 42.6 Å². The van der Waals surface area contributed by atoms with Gasteiger partial charge >= 0.3 is 0 Å². The first kappa shape index (κ1) is 17.0. The van der Waals surface area contributed by atoms with Crippen LogP contribution >= 0.6 is 11.3 Å². The van der Waals surface area contributed by atoms with Crippen LogP contribution in [0, 0.1) is 6.92 Å². The van der Waals surface area contributed by atoms with Crippen molar-refractivity contribution in [1.29, 1.82) is 0 Å². The fraction of sp³-hybridized carbons (Fsp3) is 0.158. The molecule has 1 amide bonds. The third-order valence-electron chi connectivity index (χ3n) is 3.71. The van der Waals surface area contributed by atoms with Crippen LogP contribution in [0.25, 0.3) is 11.3 Å². The Morgan fingerprint density at radius 2 is 1.84 bits per heavy atom. The standard InChI is InChI=1S/C19H18N2O3S/c1-12-4-9-17(24-3)15(10-12)18(22)21-19-20-16(11-25-19)13-5-7-14(23-2)8-6-13/h4-11H,1-3H3,(H,20,21,22). The van der Waals surface area contributed by atoms with Gasteiger partial charge in [-0.3, -0.25) is 10.1 Å². The van der Waals surface area contributed by atoms with E-state index < -0.39 is 0 Å². The number of carbonyl (C=O) groups is 1. The SMILES string of the molecule is COc1ccc(-c2csc(NC(=O)c3cc(C)ccc3OC)n2)cc1. The van der Waals surface area contributed by atoms with Gasteiger partial charge in [-0.1, -0.05) is 11.6 Å². The lowest BCUT2D eigenvalue weighted by Crippen LogP contribution is -2.13. The van der Waals surface area contributed by atoms with Crippen molar-refractivity contribution in [3.8, 4) is 22.8 Å². The van der Waals surface area contributed by atoms with Crippen LogP contribution in [0.4, 0.5) is 5.13 Å². The predicted molar refractivity (Wildman–Crippen MR) is 99.8 cm³/mol. The van der Waals surface area contributed by atoms with E-state index in [0.717, 1.165) is 22.6 Å². The molecule has 0 saturated carbocycles. The average molecular weight is 354 g/mol. The molecule has 2 aromatic carbocycles. The minimum absolute atomic E-state index is 0.240. The first-order valence-electron chi connectivity index (χ1n) is 7.66. The average Bonchev–Trinajstić information content (AvgIpc) is 3.10. The van der Waals surface area contributed by atoms with Gasteiger partial charge in [0, 0.05) is 10.9 Å². The second-order valence-corrected chi connectivity index (χ2v) is 6.28. The molecule has 0 aliphatic carbocycles. The van der Waals surface area contributed by atoms with E-state index in [9.17, 15) is 4.79 Å². The van der Waals surface area contributed by atoms with Crippen LogP contribution in [0.15, 0.2) is 47.8 Å². The zero-order valence-corrected chi connectivity index (χ0v) is 15.0. The summed E-state index contributed by atoms with van der Waals surface area (Å²) in [6, 6.07) is 13.1. The maximum atomic E-state index is 12.5. The zero-order valence-electron chi connectivity index (χ0n) is 14.2. The molecule has 6 heteroatoms. The van der Waals surface area contributed by atoms with E-state index in [1.165, 1.54) is 11.3 Å². The fourth-order valence-electron chi connectivity index (χ4n) is 2.39. The highest BCUT2D eigenvalue weighted by molar-refractivity contribution is 7.14. The molecule has 1 N–H and O–H groups in total. The smallest absolute Gasteiger partial charge is 0.261 e. The summed E-state index contributed by atoms with van der Waals surface area (Å²) in [5.74, 6) is 1.09. The molecule has 0 saturated heterocycles. The number of anilines is 1. The first-order valence-corrected chi connectivity index (χ1v) is 8.54. The predicted octanol–water partition coefficient (Wildman–Crippen LogP) is 4.39. The molecule has 0 spiro atoms. The third kappa shape index (κ3) is 3.80. The number of benzene rings is 2. The van der Waals surface area contributed by atoms with Gasteiger partial charge in [-0.2, -0.15) is 0 Å². The number of hydrogen-bond donors (Lipinski definition) is 1. The summed E-state index contributed by atoms with van der Waals surface area (Å²) >= 11 is 1.38. The Labute approximate surface area is 150 Å². The second kappa shape index (κ2) is 7.36. The van der Waals surface area contributed by atoms with Crippen LogP contribution in [-0.4, -0.2) is 25.1 Å². The molecule has 1 aromatic heterocycles. The molecule has 0 radical (unpaired) electrons. The molecule has 3 rings (SSSR count). The normalized spacial score (nSPS) is 10.4. The lowest BCUT2D eigenvalue weighted by molar-refractivity contribution is 0.102. The Bertz CT molecular complexity index is 888. The number of aryl methyl sites for hydroxylation is 1. The number of rotatable bonds is 5. The second-order valence-electron chi connectivity index (χ2n) is 5.42. The maximum absolute atomic E-state index is 12.5. The van der Waals surface area contributed by atoms with Crippen LogP contribution in [-0.2, 0) is 0 Å². The van der Waals surface area contributed by atoms with Crippen molar-refractivity contribution in [2.24, 2.45) is 0 Å². The number of hydrogen-bond acceptors (Lipinski definition) is 5. The van der Waals surface area contributed by atoms with Crippen LogP contribution < -0.4 is 14.8 Å². The third-order valence-corrected chi connectivity index (χ3v) is 4.47. The molecule has 0 atom stereocenters. The molecule has 3 aromatic rings. The summed E-state index contributed by atoms with van der Waals surface area (Å²) in [5, 5.41) is 5.29. The van der Waals surface area contributed by atoms with E-state index in [2.05, 4.69) is 10.3 Å². The molecule has 0 aliphatic rings. The summed E-state index contributed by atoms with van der Waals surface area (Å²) in [5.41, 5.74) is 3.25. The van der Waals surface area contributed by atoms with E-state index in [-0.39, 0.29) is 5.91 Å². The van der Waals surface area contributed by atoms with Gasteiger partial charge in [0.1, 0.15) is 11.5 Å². The molecule has 5 nitrogen and oxygen atoms in total. The molecule has 25 heavy (non-hydrogen) atoms. The Kier molecular flexibility index (Phi) is 5.00. The van der Waals surface area contributed by atoms with Gasteiger partial charge < -0.3 is 9.47 Å². The Morgan fingerprint density at radius 1 is 1.08 bits per heavy atom. The first-order chi connectivity index (χ1) is 12.1. The Balaban J connectivity index is 1.79. The quantitative estimate of drug-likeness (QED) is 0.738. The molecule has 0 aliphatic heterocycles.